The molecule has 0 heterocycles. The van der Waals surface area contributed by atoms with Crippen LogP contribution in [0.2, 0.25) is 0 Å². The van der Waals surface area contributed by atoms with Crippen LogP contribution in [-0.2, 0) is 4.74 Å². The average Bonchev–Trinajstić information content (AvgIpc) is 3.02. The minimum Gasteiger partial charge on any atom is -0.395 e. The van der Waals surface area contributed by atoms with Gasteiger partial charge in [-0.15, -0.1) is 13.2 Å². The van der Waals surface area contributed by atoms with Gasteiger partial charge in [-0.05, 0) is 30.6 Å². The zero-order valence-corrected chi connectivity index (χ0v) is 12.2. The van der Waals surface area contributed by atoms with E-state index in [1.807, 2.05) is 0 Å². The summed E-state index contributed by atoms with van der Waals surface area (Å²) in [7, 11) is 0. The smallest absolute Gasteiger partial charge is 0.0771 e. The Hall–Kier alpha value is -0.680. The van der Waals surface area contributed by atoms with Crippen molar-refractivity contribution >= 4 is 0 Å². The van der Waals surface area contributed by atoms with E-state index in [4.69, 9.17) is 4.74 Å². The van der Waals surface area contributed by atoms with Crippen LogP contribution in [0.5, 0.6) is 0 Å². The van der Waals surface area contributed by atoms with Crippen molar-refractivity contribution in [1.29, 1.82) is 0 Å². The summed E-state index contributed by atoms with van der Waals surface area (Å²) < 4.78 is 6.03. The molecule has 4 heteroatoms. The highest BCUT2D eigenvalue weighted by atomic mass is 16.5. The molecular weight excluding hydrogens is 254 g/mol. The second-order valence-corrected chi connectivity index (χ2v) is 5.86. The fraction of sp³-hybridized carbons (Fsp3) is 0.750. The molecule has 2 fully saturated rings. The molecule has 114 valence electrons. The molecule has 2 bridgehead atoms. The van der Waals surface area contributed by atoms with Gasteiger partial charge in [-0.2, -0.15) is 0 Å². The number of aliphatic hydroxyl groups is 2. The van der Waals surface area contributed by atoms with Crippen LogP contribution in [0.15, 0.2) is 25.3 Å². The van der Waals surface area contributed by atoms with Crippen LogP contribution in [0.25, 0.3) is 0 Å². The lowest BCUT2D eigenvalue weighted by Crippen LogP contribution is -2.51. The first-order valence-corrected chi connectivity index (χ1v) is 7.57. The first-order chi connectivity index (χ1) is 9.76. The molecular formula is C16H27NO3. The van der Waals surface area contributed by atoms with Gasteiger partial charge in [0.15, 0.2) is 0 Å². The van der Waals surface area contributed by atoms with Gasteiger partial charge in [0.25, 0.3) is 0 Å². The van der Waals surface area contributed by atoms with Crippen molar-refractivity contribution in [2.75, 3.05) is 32.9 Å². The summed E-state index contributed by atoms with van der Waals surface area (Å²) in [5, 5.41) is 18.5. The molecule has 0 aromatic rings. The molecule has 0 aliphatic heterocycles. The van der Waals surface area contributed by atoms with Gasteiger partial charge in [-0.3, -0.25) is 4.90 Å². The van der Waals surface area contributed by atoms with Crippen molar-refractivity contribution in [3.63, 3.8) is 0 Å². The third-order valence-corrected chi connectivity index (χ3v) is 4.85. The van der Waals surface area contributed by atoms with E-state index in [0.29, 0.717) is 43.5 Å². The van der Waals surface area contributed by atoms with E-state index in [1.54, 1.807) is 6.08 Å². The van der Waals surface area contributed by atoms with Crippen molar-refractivity contribution in [2.45, 2.75) is 25.0 Å². The van der Waals surface area contributed by atoms with Gasteiger partial charge in [0.1, 0.15) is 0 Å². The van der Waals surface area contributed by atoms with Gasteiger partial charge >= 0.3 is 0 Å². The Balaban J connectivity index is 2.12. The summed E-state index contributed by atoms with van der Waals surface area (Å²) in [5.41, 5.74) is 0. The molecule has 5 unspecified atom stereocenters. The summed E-state index contributed by atoms with van der Waals surface area (Å²) in [5.74, 6) is 1.63. The van der Waals surface area contributed by atoms with E-state index in [-0.39, 0.29) is 19.3 Å². The third-order valence-electron chi connectivity index (χ3n) is 4.85. The zero-order valence-electron chi connectivity index (χ0n) is 12.2. The standard InChI is InChI=1S/C16H27NO3/c1-3-9-20-16-14-11-13(10-12(14)4-2)15(16)17(5-7-18)6-8-19/h3-4,12-16,18-19H,1-2,5-11H2. The molecule has 4 nitrogen and oxygen atoms in total. The predicted molar refractivity (Wildman–Crippen MR) is 79.4 cm³/mol. The molecule has 2 aliphatic carbocycles. The second kappa shape index (κ2) is 7.36. The van der Waals surface area contributed by atoms with E-state index in [9.17, 15) is 10.2 Å². The van der Waals surface area contributed by atoms with Crippen LogP contribution in [0.3, 0.4) is 0 Å². The Kier molecular flexibility index (Phi) is 5.78. The number of ether oxygens (including phenoxy) is 1. The van der Waals surface area contributed by atoms with Crippen LogP contribution in [-0.4, -0.2) is 60.2 Å². The summed E-state index contributed by atoms with van der Waals surface area (Å²) >= 11 is 0. The number of aliphatic hydroxyl groups excluding tert-OH is 2. The number of hydrogen-bond acceptors (Lipinski definition) is 4. The molecule has 5 atom stereocenters. The van der Waals surface area contributed by atoms with Crippen molar-refractivity contribution in [2.24, 2.45) is 17.8 Å². The molecule has 0 radical (unpaired) electrons. The van der Waals surface area contributed by atoms with E-state index in [1.165, 1.54) is 0 Å². The highest BCUT2D eigenvalue weighted by molar-refractivity contribution is 5.10. The highest BCUT2D eigenvalue weighted by Crippen LogP contribution is 2.51. The SMILES string of the molecule is C=CCOC1C2CC(CC2C=C)C1N(CCO)CCO. The minimum atomic E-state index is 0.118. The quantitative estimate of drug-likeness (QED) is 0.620. The van der Waals surface area contributed by atoms with Gasteiger partial charge in [0.2, 0.25) is 0 Å². The fourth-order valence-electron chi connectivity index (χ4n) is 4.17. The lowest BCUT2D eigenvalue weighted by atomic mass is 9.83. The maximum Gasteiger partial charge on any atom is 0.0771 e. The highest BCUT2D eigenvalue weighted by Gasteiger charge is 2.53. The number of nitrogens with zero attached hydrogens (tertiary/aromatic N) is 1. The van der Waals surface area contributed by atoms with Crippen LogP contribution < -0.4 is 0 Å². The topological polar surface area (TPSA) is 52.9 Å². The van der Waals surface area contributed by atoms with Gasteiger partial charge in [-0.1, -0.05) is 12.2 Å². The number of hydrogen-bond donors (Lipinski definition) is 2. The van der Waals surface area contributed by atoms with Crippen LogP contribution in [0.1, 0.15) is 12.8 Å². The predicted octanol–water partition coefficient (Wildman–Crippen LogP) is 1.05. The monoisotopic (exact) mass is 281 g/mol. The molecule has 2 N–H and O–H groups in total. The Morgan fingerprint density at radius 1 is 1.15 bits per heavy atom. The number of fused-ring (bicyclic) bond motifs is 2. The molecule has 20 heavy (non-hydrogen) atoms. The van der Waals surface area contributed by atoms with E-state index < -0.39 is 0 Å². The molecule has 2 saturated carbocycles. The Labute approximate surface area is 121 Å². The number of allylic oxidation sites excluding steroid dienone is 1. The Morgan fingerprint density at radius 3 is 2.40 bits per heavy atom. The third kappa shape index (κ3) is 2.98. The van der Waals surface area contributed by atoms with Gasteiger partial charge in [0.05, 0.1) is 25.9 Å². The van der Waals surface area contributed by atoms with Crippen LogP contribution in [0, 0.1) is 17.8 Å². The molecule has 0 spiro atoms. The molecule has 0 aromatic carbocycles. The summed E-state index contributed by atoms with van der Waals surface area (Å²) in [6, 6.07) is 0.301. The number of rotatable bonds is 9. The van der Waals surface area contributed by atoms with Gasteiger partial charge < -0.3 is 14.9 Å². The lowest BCUT2D eigenvalue weighted by Gasteiger charge is -2.41. The maximum atomic E-state index is 9.26. The zero-order chi connectivity index (χ0) is 14.5. The Morgan fingerprint density at radius 2 is 1.85 bits per heavy atom. The molecule has 2 rings (SSSR count). The van der Waals surface area contributed by atoms with Crippen molar-refractivity contribution in [3.05, 3.63) is 25.3 Å². The average molecular weight is 281 g/mol. The minimum absolute atomic E-state index is 0.118. The normalized spacial score (nSPS) is 35.6. The van der Waals surface area contributed by atoms with Gasteiger partial charge in [-0.25, -0.2) is 0 Å². The molecule has 0 saturated heterocycles. The fourth-order valence-corrected chi connectivity index (χ4v) is 4.17. The largest absolute Gasteiger partial charge is 0.395 e. The first-order valence-electron chi connectivity index (χ1n) is 7.57. The Bertz CT molecular complexity index is 328. The van der Waals surface area contributed by atoms with Crippen molar-refractivity contribution < 1.29 is 14.9 Å². The lowest BCUT2D eigenvalue weighted by molar-refractivity contribution is -0.0483. The molecule has 0 amide bonds. The van der Waals surface area contributed by atoms with E-state index in [0.717, 1.165) is 12.8 Å². The van der Waals surface area contributed by atoms with E-state index >= 15 is 0 Å². The molecule has 0 aromatic heterocycles. The van der Waals surface area contributed by atoms with E-state index in [2.05, 4.69) is 24.1 Å². The second-order valence-electron chi connectivity index (χ2n) is 5.86. The van der Waals surface area contributed by atoms with Crippen LogP contribution >= 0.6 is 0 Å². The van der Waals surface area contributed by atoms with Crippen molar-refractivity contribution in [3.8, 4) is 0 Å². The molecule has 2 aliphatic rings. The summed E-state index contributed by atoms with van der Waals surface area (Å²) in [4.78, 5) is 2.19. The first kappa shape index (κ1) is 15.7. The summed E-state index contributed by atoms with van der Waals surface area (Å²) in [6.45, 7) is 9.66. The van der Waals surface area contributed by atoms with Crippen molar-refractivity contribution in [1.82, 2.24) is 4.90 Å². The maximum absolute atomic E-state index is 9.26. The summed E-state index contributed by atoms with van der Waals surface area (Å²) in [6.07, 6.45) is 6.33. The van der Waals surface area contributed by atoms with Crippen LogP contribution in [0.4, 0.5) is 0 Å². The van der Waals surface area contributed by atoms with Gasteiger partial charge in [0, 0.05) is 19.1 Å².